The first-order valence-electron chi connectivity index (χ1n) is 7.10. The third-order valence-corrected chi connectivity index (χ3v) is 4.30. The van der Waals surface area contributed by atoms with Crippen LogP contribution in [0.15, 0.2) is 24.3 Å². The van der Waals surface area contributed by atoms with Gasteiger partial charge in [0, 0.05) is 11.4 Å². The predicted octanol–water partition coefficient (Wildman–Crippen LogP) is 2.91. The van der Waals surface area contributed by atoms with E-state index in [0.717, 1.165) is 16.7 Å². The Morgan fingerprint density at radius 1 is 1.25 bits per heavy atom. The summed E-state index contributed by atoms with van der Waals surface area (Å²) in [7, 11) is 0. The van der Waals surface area contributed by atoms with Crippen molar-refractivity contribution in [2.24, 2.45) is 11.3 Å². The Bertz CT molecular complexity index is 623. The number of rotatable bonds is 3. The summed E-state index contributed by atoms with van der Waals surface area (Å²) in [4.78, 5) is 8.87. The average Bonchev–Trinajstić information content (AvgIpc) is 2.77. The number of aromatic nitrogens is 2. The van der Waals surface area contributed by atoms with Crippen molar-refractivity contribution in [3.8, 4) is 0 Å². The van der Waals surface area contributed by atoms with E-state index in [1.54, 1.807) is 0 Å². The molecule has 0 radical (unpaired) electrons. The smallest absolute Gasteiger partial charge is 0.239 e. The highest BCUT2D eigenvalue weighted by atomic mass is 15.3. The van der Waals surface area contributed by atoms with Crippen LogP contribution in [0.2, 0.25) is 0 Å². The summed E-state index contributed by atoms with van der Waals surface area (Å²) < 4.78 is 0. The van der Waals surface area contributed by atoms with Crippen LogP contribution in [0.4, 0.5) is 11.8 Å². The Labute approximate surface area is 119 Å². The summed E-state index contributed by atoms with van der Waals surface area (Å²) in [5.74, 6) is 6.78. The minimum absolute atomic E-state index is 0.294. The molecule has 4 N–H and O–H groups in total. The maximum absolute atomic E-state index is 5.47. The van der Waals surface area contributed by atoms with E-state index in [1.807, 2.05) is 24.3 Å². The van der Waals surface area contributed by atoms with Gasteiger partial charge in [0.15, 0.2) is 0 Å². The molecule has 1 atom stereocenters. The largest absolute Gasteiger partial charge is 0.366 e. The number of nitrogens with two attached hydrogens (primary N) is 1. The first kappa shape index (κ1) is 13.1. The number of anilines is 2. The van der Waals surface area contributed by atoms with Crippen molar-refractivity contribution in [3.05, 3.63) is 24.3 Å². The van der Waals surface area contributed by atoms with Gasteiger partial charge in [0.1, 0.15) is 5.82 Å². The molecule has 1 aliphatic rings. The van der Waals surface area contributed by atoms with Gasteiger partial charge in [-0.1, -0.05) is 32.4 Å². The number of fused-ring (bicyclic) bond motifs is 1. The molecule has 106 valence electrons. The fourth-order valence-electron chi connectivity index (χ4n) is 3.01. The van der Waals surface area contributed by atoms with Gasteiger partial charge in [0.05, 0.1) is 5.52 Å². The number of para-hydroxylation sites is 1. The molecular weight excluding hydrogens is 250 g/mol. The van der Waals surface area contributed by atoms with Crippen LogP contribution in [0.25, 0.3) is 10.9 Å². The lowest BCUT2D eigenvalue weighted by Crippen LogP contribution is -2.31. The van der Waals surface area contributed by atoms with Gasteiger partial charge >= 0.3 is 0 Å². The van der Waals surface area contributed by atoms with Gasteiger partial charge < -0.3 is 5.32 Å². The van der Waals surface area contributed by atoms with Gasteiger partial charge in [-0.2, -0.15) is 4.98 Å². The van der Waals surface area contributed by atoms with Crippen LogP contribution in [0.1, 0.15) is 33.1 Å². The van der Waals surface area contributed by atoms with Crippen LogP contribution in [-0.2, 0) is 0 Å². The summed E-state index contributed by atoms with van der Waals surface area (Å²) >= 11 is 0. The van der Waals surface area contributed by atoms with Crippen LogP contribution in [0.5, 0.6) is 0 Å². The van der Waals surface area contributed by atoms with Gasteiger partial charge in [-0.3, -0.25) is 5.43 Å². The van der Waals surface area contributed by atoms with Crippen molar-refractivity contribution < 1.29 is 0 Å². The van der Waals surface area contributed by atoms with E-state index in [1.165, 1.54) is 19.3 Å². The minimum Gasteiger partial charge on any atom is -0.366 e. The van der Waals surface area contributed by atoms with Crippen LogP contribution in [0.3, 0.4) is 0 Å². The molecule has 1 aromatic carbocycles. The monoisotopic (exact) mass is 271 g/mol. The fourth-order valence-corrected chi connectivity index (χ4v) is 3.01. The molecule has 1 aromatic heterocycles. The molecule has 1 fully saturated rings. The topological polar surface area (TPSA) is 75.9 Å². The number of nitrogens with zero attached hydrogens (tertiary/aromatic N) is 2. The molecule has 0 aliphatic heterocycles. The fraction of sp³-hybridized carbons (Fsp3) is 0.467. The number of hydrogen-bond donors (Lipinski definition) is 3. The van der Waals surface area contributed by atoms with E-state index in [2.05, 4.69) is 34.6 Å². The van der Waals surface area contributed by atoms with E-state index < -0.39 is 0 Å². The molecule has 2 aromatic rings. The van der Waals surface area contributed by atoms with E-state index >= 15 is 0 Å². The maximum atomic E-state index is 5.47. The summed E-state index contributed by atoms with van der Waals surface area (Å²) in [5, 5.41) is 4.64. The molecule has 3 rings (SSSR count). The zero-order valence-corrected chi connectivity index (χ0v) is 12.0. The second-order valence-electron chi connectivity index (χ2n) is 6.14. The Kier molecular flexibility index (Phi) is 3.22. The Hall–Kier alpha value is -1.88. The Morgan fingerprint density at radius 2 is 2.05 bits per heavy atom. The predicted molar refractivity (Wildman–Crippen MR) is 82.4 cm³/mol. The van der Waals surface area contributed by atoms with E-state index in [0.29, 0.717) is 17.4 Å². The molecule has 0 spiro atoms. The van der Waals surface area contributed by atoms with Crippen molar-refractivity contribution in [3.63, 3.8) is 0 Å². The van der Waals surface area contributed by atoms with Crippen molar-refractivity contribution in [2.75, 3.05) is 10.7 Å². The van der Waals surface area contributed by atoms with Gasteiger partial charge in [0.25, 0.3) is 0 Å². The first-order chi connectivity index (χ1) is 9.60. The molecule has 1 heterocycles. The zero-order valence-electron chi connectivity index (χ0n) is 12.0. The number of nitrogen functional groups attached to an aromatic ring is 1. The molecule has 0 bridgehead atoms. The molecule has 1 aliphatic carbocycles. The highest BCUT2D eigenvalue weighted by Gasteiger charge is 2.34. The maximum Gasteiger partial charge on any atom is 0.239 e. The normalized spacial score (nSPS) is 21.1. The summed E-state index contributed by atoms with van der Waals surface area (Å²) in [5.41, 5.74) is 3.73. The second-order valence-corrected chi connectivity index (χ2v) is 6.14. The van der Waals surface area contributed by atoms with Gasteiger partial charge in [-0.25, -0.2) is 10.8 Å². The minimum atomic E-state index is 0.294. The molecule has 0 saturated heterocycles. The Balaban J connectivity index is 2.01. The highest BCUT2D eigenvalue weighted by molar-refractivity contribution is 5.90. The number of benzene rings is 1. The zero-order chi connectivity index (χ0) is 14.2. The van der Waals surface area contributed by atoms with Crippen molar-refractivity contribution in [1.29, 1.82) is 0 Å². The molecule has 1 saturated carbocycles. The average molecular weight is 271 g/mol. The molecule has 1 unspecified atom stereocenters. The van der Waals surface area contributed by atoms with Crippen LogP contribution < -0.4 is 16.6 Å². The Morgan fingerprint density at radius 3 is 2.75 bits per heavy atom. The molecule has 20 heavy (non-hydrogen) atoms. The lowest BCUT2D eigenvalue weighted by Gasteiger charge is -2.28. The van der Waals surface area contributed by atoms with Gasteiger partial charge in [-0.15, -0.1) is 0 Å². The van der Waals surface area contributed by atoms with Crippen LogP contribution >= 0.6 is 0 Å². The third kappa shape index (κ3) is 2.29. The molecule has 0 amide bonds. The van der Waals surface area contributed by atoms with Crippen molar-refractivity contribution in [2.45, 2.75) is 39.2 Å². The van der Waals surface area contributed by atoms with E-state index in [-0.39, 0.29) is 0 Å². The van der Waals surface area contributed by atoms with Crippen molar-refractivity contribution in [1.82, 2.24) is 9.97 Å². The summed E-state index contributed by atoms with van der Waals surface area (Å²) in [6.45, 7) is 4.62. The summed E-state index contributed by atoms with van der Waals surface area (Å²) in [6.07, 6.45) is 3.68. The number of nitrogens with one attached hydrogen (secondary N) is 2. The standard InChI is InChI=1S/C15H21N5/c1-15(2)9-5-8-12(15)18-13-10-6-3-4-7-11(10)17-14(19-13)20-16/h3-4,6-7,12H,5,8-9,16H2,1-2H3,(H2,17,18,19,20). The number of hydrazine groups is 1. The highest BCUT2D eigenvalue weighted by Crippen LogP contribution is 2.39. The first-order valence-corrected chi connectivity index (χ1v) is 7.10. The third-order valence-electron chi connectivity index (χ3n) is 4.30. The second kappa shape index (κ2) is 4.90. The number of hydrogen-bond acceptors (Lipinski definition) is 5. The SMILES string of the molecule is CC1(C)CCCC1Nc1nc(NN)nc2ccccc12. The van der Waals surface area contributed by atoms with Gasteiger partial charge in [0.2, 0.25) is 5.95 Å². The molecule has 5 heteroatoms. The van der Waals surface area contributed by atoms with Crippen LogP contribution in [-0.4, -0.2) is 16.0 Å². The van der Waals surface area contributed by atoms with Gasteiger partial charge in [-0.05, 0) is 30.4 Å². The lowest BCUT2D eigenvalue weighted by atomic mass is 9.87. The van der Waals surface area contributed by atoms with Crippen molar-refractivity contribution >= 4 is 22.7 Å². The molecule has 5 nitrogen and oxygen atoms in total. The quantitative estimate of drug-likeness (QED) is 0.591. The van der Waals surface area contributed by atoms with Crippen LogP contribution in [0, 0.1) is 5.41 Å². The van der Waals surface area contributed by atoms with E-state index in [4.69, 9.17) is 5.84 Å². The molecular formula is C15H21N5. The lowest BCUT2D eigenvalue weighted by molar-refractivity contribution is 0.349. The van der Waals surface area contributed by atoms with E-state index in [9.17, 15) is 0 Å². The summed E-state index contributed by atoms with van der Waals surface area (Å²) in [6, 6.07) is 8.43.